The molecule has 0 saturated heterocycles. The van der Waals surface area contributed by atoms with Crippen molar-refractivity contribution >= 4 is 50.0 Å². The van der Waals surface area contributed by atoms with Gasteiger partial charge in [-0.25, -0.2) is 0 Å². The van der Waals surface area contributed by atoms with Gasteiger partial charge in [0.05, 0.1) is 13.3 Å². The summed E-state index contributed by atoms with van der Waals surface area (Å²) in [6, 6.07) is 4.63. The second kappa shape index (κ2) is 5.02. The summed E-state index contributed by atoms with van der Waals surface area (Å²) in [7, 11) is 0. The molecule has 1 rings (SSSR count). The van der Waals surface area contributed by atoms with E-state index < -0.39 is 9.75 Å². The fourth-order valence-electron chi connectivity index (χ4n) is 1.06. The van der Waals surface area contributed by atoms with E-state index in [2.05, 4.69) is 15.9 Å². The van der Waals surface area contributed by atoms with E-state index in [9.17, 15) is 14.9 Å². The van der Waals surface area contributed by atoms with Gasteiger partial charge in [0.1, 0.15) is 5.78 Å². The molecule has 0 bridgehead atoms. The van der Waals surface area contributed by atoms with Crippen molar-refractivity contribution in [3.8, 4) is 0 Å². The number of nitro benzene ring substituents is 1. The maximum absolute atomic E-state index is 11.1. The number of nitro groups is 1. The first-order valence-corrected chi connectivity index (χ1v) is 6.01. The van der Waals surface area contributed by atoms with Crippen molar-refractivity contribution in [1.82, 2.24) is 0 Å². The zero-order chi connectivity index (χ0) is 11.6. The molecule has 0 N–H and O–H groups in total. The predicted molar refractivity (Wildman–Crippen MR) is 68.2 cm³/mol. The van der Waals surface area contributed by atoms with Crippen LogP contribution in [0.2, 0.25) is 0 Å². The summed E-state index contributed by atoms with van der Waals surface area (Å²) in [5.41, 5.74) is 0.792. The van der Waals surface area contributed by atoms with Gasteiger partial charge in [0, 0.05) is 6.07 Å². The topological polar surface area (TPSA) is 60.2 Å². The number of hydrogen-bond acceptors (Lipinski definition) is 3. The molecule has 0 fully saturated rings. The second-order valence-corrected chi connectivity index (χ2v) is 5.02. The van der Waals surface area contributed by atoms with Crippen molar-refractivity contribution in [2.24, 2.45) is 0 Å². The highest BCUT2D eigenvalue weighted by Gasteiger charge is 2.17. The Balaban J connectivity index is 3.12. The molecule has 0 spiro atoms. The molecule has 0 aliphatic rings. The maximum Gasteiger partial charge on any atom is 0.282 e. The Morgan fingerprint density at radius 2 is 2.20 bits per heavy atom. The third-order valence-corrected chi connectivity index (χ3v) is 3.86. The Labute approximate surface area is 108 Å². The summed E-state index contributed by atoms with van der Waals surface area (Å²) in [6.45, 7) is 1.47. The average molecular weight is 384 g/mol. The van der Waals surface area contributed by atoms with Gasteiger partial charge >= 0.3 is 0 Å². The Bertz CT molecular complexity index is 422. The number of ketones is 1. The van der Waals surface area contributed by atoms with E-state index >= 15 is 0 Å². The van der Waals surface area contributed by atoms with E-state index in [1.54, 1.807) is 12.1 Å². The molecule has 0 aliphatic heterocycles. The number of benzene rings is 1. The van der Waals surface area contributed by atoms with Gasteiger partial charge in [0.15, 0.2) is 0 Å². The Morgan fingerprint density at radius 1 is 1.60 bits per heavy atom. The van der Waals surface area contributed by atoms with Gasteiger partial charge < -0.3 is 0 Å². The lowest BCUT2D eigenvalue weighted by Crippen LogP contribution is -2.02. The summed E-state index contributed by atoms with van der Waals surface area (Å²) < 4.78 is 0.529. The summed E-state index contributed by atoms with van der Waals surface area (Å²) in [4.78, 5) is 20.8. The fourth-order valence-corrected chi connectivity index (χ4v) is 2.08. The molecule has 0 radical (unpaired) electrons. The molecular formula is C9H7BrINO3. The zero-order valence-electron chi connectivity index (χ0n) is 7.74. The lowest BCUT2D eigenvalue weighted by atomic mass is 10.1. The number of carbonyl (C=O) groups excluding carboxylic acids is 1. The average Bonchev–Trinajstić information content (AvgIpc) is 2.15. The molecule has 6 heteroatoms. The SMILES string of the molecule is CC(=O)C(Br)c1ccc([N+](=O)[O-])c(I)c1. The minimum atomic E-state index is -0.442. The number of hydrogen-bond donors (Lipinski definition) is 0. The first-order valence-electron chi connectivity index (χ1n) is 4.02. The van der Waals surface area contributed by atoms with E-state index in [4.69, 9.17) is 0 Å². The first kappa shape index (κ1) is 12.6. The number of alkyl halides is 1. The highest BCUT2D eigenvalue weighted by Crippen LogP contribution is 2.29. The van der Waals surface area contributed by atoms with Gasteiger partial charge in [0.25, 0.3) is 5.69 Å². The van der Waals surface area contributed by atoms with Crippen LogP contribution >= 0.6 is 38.5 Å². The molecule has 0 aromatic heterocycles. The number of nitrogens with zero attached hydrogens (tertiary/aromatic N) is 1. The first-order chi connectivity index (χ1) is 6.93. The van der Waals surface area contributed by atoms with Crippen LogP contribution in [0.3, 0.4) is 0 Å². The van der Waals surface area contributed by atoms with Gasteiger partial charge in [-0.05, 0) is 41.1 Å². The van der Waals surface area contributed by atoms with Crippen LogP contribution in [-0.4, -0.2) is 10.7 Å². The van der Waals surface area contributed by atoms with Crippen molar-refractivity contribution in [2.75, 3.05) is 0 Å². The van der Waals surface area contributed by atoms with Crippen LogP contribution < -0.4 is 0 Å². The minimum Gasteiger partial charge on any atom is -0.298 e. The second-order valence-electron chi connectivity index (χ2n) is 2.94. The maximum atomic E-state index is 11.1. The van der Waals surface area contributed by atoms with E-state index in [1.165, 1.54) is 13.0 Å². The Morgan fingerprint density at radius 3 is 2.60 bits per heavy atom. The van der Waals surface area contributed by atoms with Gasteiger partial charge in [0.2, 0.25) is 0 Å². The van der Waals surface area contributed by atoms with Crippen LogP contribution in [0.15, 0.2) is 18.2 Å². The lowest BCUT2D eigenvalue weighted by molar-refractivity contribution is -0.385. The van der Waals surface area contributed by atoms with E-state index in [0.717, 1.165) is 5.56 Å². The van der Waals surface area contributed by atoms with Crippen molar-refractivity contribution in [2.45, 2.75) is 11.8 Å². The quantitative estimate of drug-likeness (QED) is 0.348. The zero-order valence-corrected chi connectivity index (χ0v) is 11.5. The van der Waals surface area contributed by atoms with Gasteiger partial charge in [-0.1, -0.05) is 22.0 Å². The molecule has 80 valence electrons. The summed E-state index contributed by atoms with van der Waals surface area (Å²) in [5.74, 6) is -0.0281. The van der Waals surface area contributed by atoms with Crippen LogP contribution in [0.1, 0.15) is 17.3 Å². The summed E-state index contributed by atoms with van der Waals surface area (Å²) in [6.07, 6.45) is 0. The molecule has 0 saturated carbocycles. The molecule has 15 heavy (non-hydrogen) atoms. The van der Waals surface area contributed by atoms with E-state index in [0.29, 0.717) is 3.57 Å². The summed E-state index contributed by atoms with van der Waals surface area (Å²) in [5, 5.41) is 10.6. The number of Topliss-reactive ketones (excluding diaryl/α,β-unsaturated/α-hetero) is 1. The number of rotatable bonds is 3. The Hall–Kier alpha value is -0.500. The normalized spacial score (nSPS) is 12.2. The number of carbonyl (C=O) groups is 1. The largest absolute Gasteiger partial charge is 0.298 e. The highest BCUT2D eigenvalue weighted by molar-refractivity contribution is 14.1. The van der Waals surface area contributed by atoms with E-state index in [1.807, 2.05) is 22.6 Å². The van der Waals surface area contributed by atoms with Crippen LogP contribution in [0.5, 0.6) is 0 Å². The number of halogens is 2. The van der Waals surface area contributed by atoms with Crippen molar-refractivity contribution in [3.05, 3.63) is 37.4 Å². The monoisotopic (exact) mass is 383 g/mol. The van der Waals surface area contributed by atoms with Crippen molar-refractivity contribution < 1.29 is 9.72 Å². The Kier molecular flexibility index (Phi) is 4.21. The van der Waals surface area contributed by atoms with Crippen molar-refractivity contribution in [1.29, 1.82) is 0 Å². The van der Waals surface area contributed by atoms with Crippen molar-refractivity contribution in [3.63, 3.8) is 0 Å². The van der Waals surface area contributed by atoms with Gasteiger partial charge in [-0.3, -0.25) is 14.9 Å². The smallest absolute Gasteiger partial charge is 0.282 e. The van der Waals surface area contributed by atoms with E-state index in [-0.39, 0.29) is 11.5 Å². The van der Waals surface area contributed by atoms with Crippen LogP contribution in [-0.2, 0) is 4.79 Å². The van der Waals surface area contributed by atoms with Gasteiger partial charge in [-0.2, -0.15) is 0 Å². The third kappa shape index (κ3) is 2.97. The molecule has 0 heterocycles. The standard InChI is InChI=1S/C9H7BrINO3/c1-5(13)9(10)6-2-3-8(12(14)15)7(11)4-6/h2-4,9H,1H3. The van der Waals surface area contributed by atoms with Gasteiger partial charge in [-0.15, -0.1) is 0 Å². The molecule has 0 amide bonds. The van der Waals surface area contributed by atoms with Crippen LogP contribution in [0.25, 0.3) is 0 Å². The summed E-state index contributed by atoms with van der Waals surface area (Å²) >= 11 is 5.11. The van der Waals surface area contributed by atoms with Crippen LogP contribution in [0.4, 0.5) is 5.69 Å². The molecule has 4 nitrogen and oxygen atoms in total. The predicted octanol–water partition coefficient (Wildman–Crippen LogP) is 3.22. The minimum absolute atomic E-state index is 0.0281. The molecular weight excluding hydrogens is 377 g/mol. The molecule has 0 aliphatic carbocycles. The lowest BCUT2D eigenvalue weighted by Gasteiger charge is -2.06. The molecule has 1 aromatic rings. The third-order valence-electron chi connectivity index (χ3n) is 1.82. The fraction of sp³-hybridized carbons (Fsp3) is 0.222. The molecule has 1 aromatic carbocycles. The highest BCUT2D eigenvalue weighted by atomic mass is 127. The molecule has 1 unspecified atom stereocenters. The molecule has 1 atom stereocenters. The van der Waals surface area contributed by atoms with Crippen LogP contribution in [0, 0.1) is 13.7 Å².